The molecule has 1 amide bonds. The fraction of sp³-hybridized carbons (Fsp3) is 0.667. The quantitative estimate of drug-likeness (QED) is 0.821. The molecule has 3 atom stereocenters. The Morgan fingerprint density at radius 2 is 2.15 bits per heavy atom. The fourth-order valence-corrected chi connectivity index (χ4v) is 4.55. The maximum Gasteiger partial charge on any atom is 0.225 e. The van der Waals surface area contributed by atoms with Crippen LogP contribution in [0.25, 0.3) is 0 Å². The third kappa shape index (κ3) is 4.45. The summed E-state index contributed by atoms with van der Waals surface area (Å²) >= 11 is 0. The summed E-state index contributed by atoms with van der Waals surface area (Å²) in [6.45, 7) is 5.63. The van der Waals surface area contributed by atoms with Gasteiger partial charge in [-0.2, -0.15) is 0 Å². The normalized spacial score (nSPS) is 28.9. The highest BCUT2D eigenvalue weighted by Crippen LogP contribution is 2.34. The number of carbonyl (C=O) groups is 1. The van der Waals surface area contributed by atoms with Crippen molar-refractivity contribution in [1.29, 1.82) is 0 Å². The summed E-state index contributed by atoms with van der Waals surface area (Å²) in [5, 5.41) is 3.18. The van der Waals surface area contributed by atoms with Crippen molar-refractivity contribution < 1.29 is 19.0 Å². The van der Waals surface area contributed by atoms with Crippen LogP contribution in [0, 0.1) is 17.8 Å². The Hall–Kier alpha value is -1.63. The van der Waals surface area contributed by atoms with E-state index in [1.54, 1.807) is 7.11 Å². The number of nitrogens with zero attached hydrogens (tertiary/aromatic N) is 1. The molecular formula is C21H30N2O4. The lowest BCUT2D eigenvalue weighted by Crippen LogP contribution is -2.39. The Morgan fingerprint density at radius 3 is 2.96 bits per heavy atom. The Balaban J connectivity index is 1.29. The predicted molar refractivity (Wildman–Crippen MR) is 102 cm³/mol. The molecule has 6 heteroatoms. The van der Waals surface area contributed by atoms with Crippen LogP contribution in [-0.4, -0.2) is 63.5 Å². The van der Waals surface area contributed by atoms with E-state index in [0.29, 0.717) is 18.4 Å². The van der Waals surface area contributed by atoms with Gasteiger partial charge in [0, 0.05) is 45.3 Å². The number of ether oxygens (including phenoxy) is 3. The Labute approximate surface area is 161 Å². The molecule has 3 aliphatic rings. The van der Waals surface area contributed by atoms with Gasteiger partial charge in [0.25, 0.3) is 0 Å². The van der Waals surface area contributed by atoms with Crippen molar-refractivity contribution in [2.24, 2.45) is 17.8 Å². The van der Waals surface area contributed by atoms with E-state index in [2.05, 4.69) is 22.3 Å². The summed E-state index contributed by atoms with van der Waals surface area (Å²) in [5.41, 5.74) is 1.23. The molecule has 1 N–H and O–H groups in total. The van der Waals surface area contributed by atoms with Crippen LogP contribution in [0.5, 0.6) is 5.75 Å². The van der Waals surface area contributed by atoms with Crippen LogP contribution in [0.2, 0.25) is 0 Å². The summed E-state index contributed by atoms with van der Waals surface area (Å²) in [7, 11) is 1.69. The molecule has 0 aliphatic carbocycles. The van der Waals surface area contributed by atoms with Crippen LogP contribution in [0.1, 0.15) is 18.4 Å². The Bertz CT molecular complexity index is 647. The first-order valence-electron chi connectivity index (χ1n) is 10.1. The first-order valence-corrected chi connectivity index (χ1v) is 10.1. The second-order valence-corrected chi connectivity index (χ2v) is 7.99. The zero-order valence-corrected chi connectivity index (χ0v) is 16.1. The SMILES string of the molecule is COc1cccc(CN2C[C@@H]3[C@@H](C(=O)NCC4CCOCC4)CO[C@@H]3C2)c1. The van der Waals surface area contributed by atoms with Gasteiger partial charge < -0.3 is 19.5 Å². The molecule has 3 saturated heterocycles. The lowest BCUT2D eigenvalue weighted by atomic mass is 9.92. The summed E-state index contributed by atoms with van der Waals surface area (Å²) in [6, 6.07) is 8.18. The molecule has 148 valence electrons. The van der Waals surface area contributed by atoms with Crippen molar-refractivity contribution in [3.8, 4) is 5.75 Å². The molecule has 0 radical (unpaired) electrons. The van der Waals surface area contributed by atoms with Gasteiger partial charge >= 0.3 is 0 Å². The molecule has 0 bridgehead atoms. The summed E-state index contributed by atoms with van der Waals surface area (Å²) < 4.78 is 16.7. The lowest BCUT2D eigenvalue weighted by molar-refractivity contribution is -0.126. The van der Waals surface area contributed by atoms with Crippen molar-refractivity contribution in [2.45, 2.75) is 25.5 Å². The maximum absolute atomic E-state index is 12.7. The van der Waals surface area contributed by atoms with E-state index in [1.807, 2.05) is 12.1 Å². The maximum atomic E-state index is 12.7. The van der Waals surface area contributed by atoms with Crippen LogP contribution in [0.4, 0.5) is 0 Å². The zero-order valence-electron chi connectivity index (χ0n) is 16.1. The van der Waals surface area contributed by atoms with Gasteiger partial charge in [0.2, 0.25) is 5.91 Å². The van der Waals surface area contributed by atoms with Crippen molar-refractivity contribution in [1.82, 2.24) is 10.2 Å². The fourth-order valence-electron chi connectivity index (χ4n) is 4.55. The number of rotatable bonds is 6. The molecular weight excluding hydrogens is 344 g/mol. The van der Waals surface area contributed by atoms with Crippen LogP contribution in [0.3, 0.4) is 0 Å². The molecule has 27 heavy (non-hydrogen) atoms. The van der Waals surface area contributed by atoms with Gasteiger partial charge in [0.05, 0.1) is 25.7 Å². The standard InChI is InChI=1S/C21H30N2O4/c1-25-17-4-2-3-16(9-17)11-23-12-18-19(14-27-20(18)13-23)21(24)22-10-15-5-7-26-8-6-15/h2-4,9,15,18-20H,5-8,10-14H2,1H3,(H,22,24)/t18-,19+,20-/m1/s1. The molecule has 3 fully saturated rings. The smallest absolute Gasteiger partial charge is 0.225 e. The van der Waals surface area contributed by atoms with Gasteiger partial charge in [-0.05, 0) is 36.5 Å². The molecule has 1 aromatic rings. The summed E-state index contributed by atoms with van der Waals surface area (Å²) in [5.74, 6) is 1.87. The summed E-state index contributed by atoms with van der Waals surface area (Å²) in [6.07, 6.45) is 2.26. The van der Waals surface area contributed by atoms with Crippen molar-refractivity contribution in [3.63, 3.8) is 0 Å². The molecule has 0 unspecified atom stereocenters. The van der Waals surface area contributed by atoms with Crippen molar-refractivity contribution in [3.05, 3.63) is 29.8 Å². The largest absolute Gasteiger partial charge is 0.497 e. The number of amides is 1. The number of carbonyl (C=O) groups excluding carboxylic acids is 1. The lowest BCUT2D eigenvalue weighted by Gasteiger charge is -2.24. The monoisotopic (exact) mass is 374 g/mol. The third-order valence-corrected chi connectivity index (χ3v) is 6.17. The van der Waals surface area contributed by atoms with Crippen LogP contribution in [-0.2, 0) is 20.8 Å². The first-order chi connectivity index (χ1) is 13.2. The predicted octanol–water partition coefficient (Wildman–Crippen LogP) is 1.68. The van der Waals surface area contributed by atoms with Gasteiger partial charge in [0.15, 0.2) is 0 Å². The van der Waals surface area contributed by atoms with E-state index in [0.717, 1.165) is 58.0 Å². The molecule has 6 nitrogen and oxygen atoms in total. The van der Waals surface area contributed by atoms with Crippen LogP contribution >= 0.6 is 0 Å². The van der Waals surface area contributed by atoms with Crippen molar-refractivity contribution in [2.75, 3.05) is 46.6 Å². The van der Waals surface area contributed by atoms with E-state index < -0.39 is 0 Å². The molecule has 0 aromatic heterocycles. The second kappa shape index (κ2) is 8.59. The Morgan fingerprint density at radius 1 is 1.30 bits per heavy atom. The molecule has 0 spiro atoms. The van der Waals surface area contributed by atoms with Gasteiger partial charge in [-0.3, -0.25) is 9.69 Å². The van der Waals surface area contributed by atoms with Gasteiger partial charge in [-0.1, -0.05) is 12.1 Å². The van der Waals surface area contributed by atoms with Crippen LogP contribution < -0.4 is 10.1 Å². The number of nitrogens with one attached hydrogen (secondary N) is 1. The van der Waals surface area contributed by atoms with Crippen LogP contribution in [0.15, 0.2) is 24.3 Å². The second-order valence-electron chi connectivity index (χ2n) is 7.99. The minimum Gasteiger partial charge on any atom is -0.497 e. The molecule has 3 aliphatic heterocycles. The number of hydrogen-bond acceptors (Lipinski definition) is 5. The van der Waals surface area contributed by atoms with Gasteiger partial charge in [0.1, 0.15) is 5.75 Å². The number of hydrogen-bond donors (Lipinski definition) is 1. The number of methoxy groups -OCH3 is 1. The molecule has 1 aromatic carbocycles. The first kappa shape index (κ1) is 18.7. The van der Waals surface area contributed by atoms with Gasteiger partial charge in [-0.15, -0.1) is 0 Å². The molecule has 3 heterocycles. The highest BCUT2D eigenvalue weighted by Gasteiger charge is 2.46. The minimum absolute atomic E-state index is 0.0230. The minimum atomic E-state index is -0.0230. The third-order valence-electron chi connectivity index (χ3n) is 6.17. The number of benzene rings is 1. The topological polar surface area (TPSA) is 60.0 Å². The highest BCUT2D eigenvalue weighted by atomic mass is 16.5. The van der Waals surface area contributed by atoms with Crippen molar-refractivity contribution >= 4 is 5.91 Å². The van der Waals surface area contributed by atoms with E-state index in [-0.39, 0.29) is 17.9 Å². The van der Waals surface area contributed by atoms with E-state index >= 15 is 0 Å². The van der Waals surface area contributed by atoms with Gasteiger partial charge in [-0.25, -0.2) is 0 Å². The highest BCUT2D eigenvalue weighted by molar-refractivity contribution is 5.79. The average molecular weight is 374 g/mol. The average Bonchev–Trinajstić information content (AvgIpc) is 3.27. The number of fused-ring (bicyclic) bond motifs is 1. The summed E-state index contributed by atoms with van der Waals surface area (Å²) in [4.78, 5) is 15.1. The van der Waals surface area contributed by atoms with E-state index in [1.165, 1.54) is 5.56 Å². The Kier molecular flexibility index (Phi) is 5.95. The van der Waals surface area contributed by atoms with E-state index in [4.69, 9.17) is 14.2 Å². The zero-order chi connectivity index (χ0) is 18.6. The molecule has 4 rings (SSSR count). The number of likely N-dealkylation sites (tertiary alicyclic amines) is 1. The molecule has 0 saturated carbocycles. The van der Waals surface area contributed by atoms with E-state index in [9.17, 15) is 4.79 Å².